The van der Waals surface area contributed by atoms with Gasteiger partial charge in [-0.15, -0.1) is 0 Å². The molecule has 0 spiro atoms. The zero-order valence-electron chi connectivity index (χ0n) is 15.7. The van der Waals surface area contributed by atoms with Gasteiger partial charge in [0, 0.05) is 31.2 Å². The van der Waals surface area contributed by atoms with Gasteiger partial charge in [0.2, 0.25) is 0 Å². The zero-order valence-corrected chi connectivity index (χ0v) is 15.7. The van der Waals surface area contributed by atoms with Gasteiger partial charge < -0.3 is 19.9 Å². The largest absolute Gasteiger partial charge is 0.494 e. The number of nitrogens with one attached hydrogen (secondary N) is 2. The first kappa shape index (κ1) is 19.5. The lowest BCUT2D eigenvalue weighted by Gasteiger charge is -2.25. The summed E-state index contributed by atoms with van der Waals surface area (Å²) in [6.07, 6.45) is 1.95. The van der Waals surface area contributed by atoms with Gasteiger partial charge in [0.05, 0.1) is 12.6 Å². The second kappa shape index (κ2) is 9.05. The van der Waals surface area contributed by atoms with Crippen molar-refractivity contribution in [1.82, 2.24) is 14.8 Å². The van der Waals surface area contributed by atoms with Gasteiger partial charge in [-0.1, -0.05) is 0 Å². The lowest BCUT2D eigenvalue weighted by molar-refractivity contribution is -0.136. The van der Waals surface area contributed by atoms with Gasteiger partial charge in [-0.2, -0.15) is 0 Å². The van der Waals surface area contributed by atoms with Crippen LogP contribution in [0, 0.1) is 0 Å². The van der Waals surface area contributed by atoms with Crippen molar-refractivity contribution in [3.05, 3.63) is 48.3 Å². The lowest BCUT2D eigenvalue weighted by Crippen LogP contribution is -2.40. The van der Waals surface area contributed by atoms with Gasteiger partial charge in [-0.05, 0) is 57.4 Å². The van der Waals surface area contributed by atoms with E-state index in [-0.39, 0.29) is 6.04 Å². The molecule has 0 aliphatic carbocycles. The Labute approximate surface area is 153 Å². The molecule has 0 saturated heterocycles. The third-order valence-corrected chi connectivity index (χ3v) is 4.03. The number of rotatable bonds is 7. The number of likely N-dealkylation sites (N-methyl/N-ethyl adjacent to an activating group) is 1. The Kier molecular flexibility index (Phi) is 6.80. The van der Waals surface area contributed by atoms with Crippen LogP contribution in [0.2, 0.25) is 0 Å². The van der Waals surface area contributed by atoms with Crippen LogP contribution in [0.1, 0.15) is 18.7 Å². The monoisotopic (exact) mass is 358 g/mol. The SMILES string of the molecule is CCOc1ccc(NC(=O)C(=O)NCC(c2cccn2C)N(C)C)cc1. The van der Waals surface area contributed by atoms with Crippen molar-refractivity contribution in [3.63, 3.8) is 0 Å². The van der Waals surface area contributed by atoms with E-state index in [0.717, 1.165) is 5.69 Å². The Balaban J connectivity index is 1.91. The molecule has 0 saturated carbocycles. The molecule has 1 aromatic carbocycles. The van der Waals surface area contributed by atoms with E-state index in [1.54, 1.807) is 24.3 Å². The standard InChI is InChI=1S/C19H26N4O3/c1-5-26-15-10-8-14(9-11-15)21-19(25)18(24)20-13-17(22(2)3)16-7-6-12-23(16)4/h6-12,17H,5,13H2,1-4H3,(H,20,24)(H,21,25). The number of hydrogen-bond acceptors (Lipinski definition) is 4. The lowest BCUT2D eigenvalue weighted by atomic mass is 10.2. The average molecular weight is 358 g/mol. The summed E-state index contributed by atoms with van der Waals surface area (Å²) < 4.78 is 7.34. The fraction of sp³-hybridized carbons (Fsp3) is 0.368. The topological polar surface area (TPSA) is 75.6 Å². The number of carbonyl (C=O) groups is 2. The summed E-state index contributed by atoms with van der Waals surface area (Å²) in [7, 11) is 5.82. The van der Waals surface area contributed by atoms with Gasteiger partial charge in [0.15, 0.2) is 0 Å². The van der Waals surface area contributed by atoms with Crippen molar-refractivity contribution < 1.29 is 14.3 Å². The number of hydrogen-bond donors (Lipinski definition) is 2. The van der Waals surface area contributed by atoms with E-state index in [0.29, 0.717) is 24.6 Å². The number of aryl methyl sites for hydroxylation is 1. The molecule has 2 aromatic rings. The van der Waals surface area contributed by atoms with Crippen molar-refractivity contribution in [1.29, 1.82) is 0 Å². The van der Waals surface area contributed by atoms with Crippen LogP contribution in [0.5, 0.6) is 5.75 Å². The van der Waals surface area contributed by atoms with Crippen LogP contribution in [0.25, 0.3) is 0 Å². The number of ether oxygens (including phenoxy) is 1. The highest BCUT2D eigenvalue weighted by Gasteiger charge is 2.20. The van der Waals surface area contributed by atoms with Gasteiger partial charge in [-0.25, -0.2) is 0 Å². The van der Waals surface area contributed by atoms with Crippen molar-refractivity contribution >= 4 is 17.5 Å². The summed E-state index contributed by atoms with van der Waals surface area (Å²) in [5.74, 6) is -0.648. The third-order valence-electron chi connectivity index (χ3n) is 4.03. The summed E-state index contributed by atoms with van der Waals surface area (Å²) in [4.78, 5) is 26.2. The van der Waals surface area contributed by atoms with E-state index in [1.807, 2.05) is 55.9 Å². The fourth-order valence-corrected chi connectivity index (χ4v) is 2.63. The number of anilines is 1. The molecule has 1 heterocycles. The Morgan fingerprint density at radius 3 is 2.38 bits per heavy atom. The van der Waals surface area contributed by atoms with Crippen molar-refractivity contribution in [2.45, 2.75) is 13.0 Å². The first-order valence-electron chi connectivity index (χ1n) is 8.52. The van der Waals surface area contributed by atoms with Crippen LogP contribution in [0.4, 0.5) is 5.69 Å². The number of nitrogens with zero attached hydrogens (tertiary/aromatic N) is 2. The smallest absolute Gasteiger partial charge is 0.313 e. The van der Waals surface area contributed by atoms with E-state index in [2.05, 4.69) is 10.6 Å². The quantitative estimate of drug-likeness (QED) is 0.740. The van der Waals surface area contributed by atoms with Gasteiger partial charge in [-0.3, -0.25) is 14.5 Å². The Morgan fingerprint density at radius 1 is 1.15 bits per heavy atom. The minimum Gasteiger partial charge on any atom is -0.494 e. The van der Waals surface area contributed by atoms with E-state index in [1.165, 1.54) is 0 Å². The number of amides is 2. The molecule has 0 aliphatic rings. The molecule has 26 heavy (non-hydrogen) atoms. The molecule has 0 bridgehead atoms. The molecule has 1 atom stereocenters. The molecule has 2 rings (SSSR count). The molecule has 2 N–H and O–H groups in total. The predicted molar refractivity (Wildman–Crippen MR) is 101 cm³/mol. The molecule has 140 valence electrons. The summed E-state index contributed by atoms with van der Waals surface area (Å²) in [6.45, 7) is 2.80. The first-order valence-corrected chi connectivity index (χ1v) is 8.52. The highest BCUT2D eigenvalue weighted by atomic mass is 16.5. The molecule has 7 nitrogen and oxygen atoms in total. The number of carbonyl (C=O) groups excluding carboxylic acids is 2. The normalized spacial score (nSPS) is 11.9. The second-order valence-corrected chi connectivity index (χ2v) is 6.14. The van der Waals surface area contributed by atoms with Crippen LogP contribution in [-0.2, 0) is 16.6 Å². The van der Waals surface area contributed by atoms with Gasteiger partial charge in [0.1, 0.15) is 5.75 Å². The van der Waals surface area contributed by atoms with Crippen LogP contribution in [0.15, 0.2) is 42.6 Å². The van der Waals surface area contributed by atoms with Gasteiger partial charge in [0.25, 0.3) is 0 Å². The fourth-order valence-electron chi connectivity index (χ4n) is 2.63. The van der Waals surface area contributed by atoms with Crippen molar-refractivity contribution in [2.24, 2.45) is 7.05 Å². The molecule has 2 amide bonds. The van der Waals surface area contributed by atoms with Crippen LogP contribution >= 0.6 is 0 Å². The van der Waals surface area contributed by atoms with Crippen LogP contribution in [-0.4, -0.2) is 48.5 Å². The molecular weight excluding hydrogens is 332 g/mol. The second-order valence-electron chi connectivity index (χ2n) is 6.14. The number of benzene rings is 1. The molecule has 7 heteroatoms. The minimum atomic E-state index is -0.696. The molecule has 1 aromatic heterocycles. The maximum absolute atomic E-state index is 12.1. The highest BCUT2D eigenvalue weighted by molar-refractivity contribution is 6.39. The zero-order chi connectivity index (χ0) is 19.1. The summed E-state index contributed by atoms with van der Waals surface area (Å²) in [6, 6.07) is 10.8. The van der Waals surface area contributed by atoms with E-state index in [4.69, 9.17) is 4.74 Å². The molecule has 0 radical (unpaired) electrons. The summed E-state index contributed by atoms with van der Waals surface area (Å²) >= 11 is 0. The maximum Gasteiger partial charge on any atom is 0.313 e. The Bertz CT molecular complexity index is 737. The van der Waals surface area contributed by atoms with Crippen LogP contribution < -0.4 is 15.4 Å². The Morgan fingerprint density at radius 2 is 1.85 bits per heavy atom. The van der Waals surface area contributed by atoms with Gasteiger partial charge >= 0.3 is 11.8 Å². The molecule has 0 aliphatic heterocycles. The summed E-state index contributed by atoms with van der Waals surface area (Å²) in [5, 5.41) is 5.29. The third kappa shape index (κ3) is 5.10. The first-order chi connectivity index (χ1) is 12.4. The minimum absolute atomic E-state index is 0.0303. The summed E-state index contributed by atoms with van der Waals surface area (Å²) in [5.41, 5.74) is 1.60. The van der Waals surface area contributed by atoms with E-state index < -0.39 is 11.8 Å². The van der Waals surface area contributed by atoms with Crippen LogP contribution in [0.3, 0.4) is 0 Å². The Hall–Kier alpha value is -2.80. The molecule has 1 unspecified atom stereocenters. The predicted octanol–water partition coefficient (Wildman–Crippen LogP) is 1.78. The molecule has 0 fully saturated rings. The average Bonchev–Trinajstić information content (AvgIpc) is 3.02. The van der Waals surface area contributed by atoms with E-state index >= 15 is 0 Å². The number of aromatic nitrogens is 1. The highest BCUT2D eigenvalue weighted by Crippen LogP contribution is 2.17. The maximum atomic E-state index is 12.1. The van der Waals surface area contributed by atoms with Crippen molar-refractivity contribution in [2.75, 3.05) is 32.6 Å². The molecular formula is C19H26N4O3. The van der Waals surface area contributed by atoms with E-state index in [9.17, 15) is 9.59 Å². The van der Waals surface area contributed by atoms with Crippen molar-refractivity contribution in [3.8, 4) is 5.75 Å².